The van der Waals surface area contributed by atoms with Crippen LogP contribution in [0.2, 0.25) is 0 Å². The van der Waals surface area contributed by atoms with Crippen LogP contribution >= 0.6 is 0 Å². The number of nitro benzene ring substituents is 1. The molecule has 0 N–H and O–H groups in total. The second-order valence-electron chi connectivity index (χ2n) is 4.88. The molecule has 24 heavy (non-hydrogen) atoms. The number of aromatic nitrogens is 1. The van der Waals surface area contributed by atoms with Crippen molar-refractivity contribution in [2.24, 2.45) is 0 Å². The number of anilines is 1. The lowest BCUT2D eigenvalue weighted by Gasteiger charge is -2.21. The second-order valence-corrected chi connectivity index (χ2v) is 4.88. The molecule has 0 aliphatic carbocycles. The Kier molecular flexibility index (Phi) is 5.51. The Morgan fingerprint density at radius 1 is 1.33 bits per heavy atom. The molecule has 128 valence electrons. The van der Waals surface area contributed by atoms with Crippen molar-refractivity contribution in [3.8, 4) is 11.5 Å². The predicted octanol–water partition coefficient (Wildman–Crippen LogP) is 3.27. The van der Waals surface area contributed by atoms with Gasteiger partial charge in [-0.25, -0.2) is 9.78 Å². The number of esters is 1. The lowest BCUT2D eigenvalue weighted by molar-refractivity contribution is -0.384. The number of carbonyl (C=O) groups excluding carboxylic acids is 1. The third-order valence-electron chi connectivity index (χ3n) is 3.52. The van der Waals surface area contributed by atoms with Crippen LogP contribution in [-0.4, -0.2) is 35.6 Å². The van der Waals surface area contributed by atoms with Crippen molar-refractivity contribution in [2.45, 2.75) is 20.8 Å². The van der Waals surface area contributed by atoms with E-state index in [1.165, 1.54) is 12.3 Å². The summed E-state index contributed by atoms with van der Waals surface area (Å²) in [4.78, 5) is 28.5. The highest BCUT2D eigenvalue weighted by Gasteiger charge is 2.23. The largest absolute Gasteiger partial charge is 0.460 e. The standard InChI is InChI=1S/C16H19N3O5/c1-4-18(5-2)11-7-8-13(19(21)22)12(9-11)15-17-10-14(24-15)16(20)23-6-3/h7-10H,4-6H2,1-3H3. The smallest absolute Gasteiger partial charge is 0.375 e. The van der Waals surface area contributed by atoms with Crippen LogP contribution in [0.3, 0.4) is 0 Å². The highest BCUT2D eigenvalue weighted by Crippen LogP contribution is 2.33. The van der Waals surface area contributed by atoms with Crippen molar-refractivity contribution in [1.29, 1.82) is 0 Å². The topological polar surface area (TPSA) is 98.7 Å². The van der Waals surface area contributed by atoms with Crippen LogP contribution in [0.1, 0.15) is 31.3 Å². The van der Waals surface area contributed by atoms with E-state index >= 15 is 0 Å². The summed E-state index contributed by atoms with van der Waals surface area (Å²) in [6.07, 6.45) is 1.21. The highest BCUT2D eigenvalue weighted by molar-refractivity contribution is 5.86. The molecule has 0 amide bonds. The zero-order chi connectivity index (χ0) is 17.7. The summed E-state index contributed by atoms with van der Waals surface area (Å²) < 4.78 is 10.2. The van der Waals surface area contributed by atoms with Crippen LogP contribution in [0.5, 0.6) is 0 Å². The number of hydrogen-bond donors (Lipinski definition) is 0. The Morgan fingerprint density at radius 3 is 2.62 bits per heavy atom. The van der Waals surface area contributed by atoms with Crippen molar-refractivity contribution in [2.75, 3.05) is 24.6 Å². The van der Waals surface area contributed by atoms with Gasteiger partial charge in [-0.3, -0.25) is 10.1 Å². The maximum Gasteiger partial charge on any atom is 0.375 e. The summed E-state index contributed by atoms with van der Waals surface area (Å²) in [5.74, 6) is -0.730. The first-order valence-corrected chi connectivity index (χ1v) is 7.68. The normalized spacial score (nSPS) is 10.5. The predicted molar refractivity (Wildman–Crippen MR) is 88.1 cm³/mol. The van der Waals surface area contributed by atoms with Gasteiger partial charge in [0, 0.05) is 24.8 Å². The van der Waals surface area contributed by atoms with E-state index in [9.17, 15) is 14.9 Å². The maximum atomic E-state index is 11.7. The van der Waals surface area contributed by atoms with Gasteiger partial charge in [0.1, 0.15) is 5.56 Å². The number of benzene rings is 1. The van der Waals surface area contributed by atoms with Crippen molar-refractivity contribution >= 4 is 17.3 Å². The van der Waals surface area contributed by atoms with Gasteiger partial charge in [0.2, 0.25) is 11.7 Å². The fourth-order valence-corrected chi connectivity index (χ4v) is 2.34. The van der Waals surface area contributed by atoms with E-state index in [4.69, 9.17) is 9.15 Å². The fourth-order valence-electron chi connectivity index (χ4n) is 2.34. The molecule has 1 aromatic carbocycles. The minimum atomic E-state index is -0.654. The van der Waals surface area contributed by atoms with Crippen LogP contribution in [0.15, 0.2) is 28.8 Å². The van der Waals surface area contributed by atoms with E-state index in [2.05, 4.69) is 4.98 Å². The molecule has 1 aromatic heterocycles. The third kappa shape index (κ3) is 3.53. The van der Waals surface area contributed by atoms with Gasteiger partial charge < -0.3 is 14.1 Å². The van der Waals surface area contributed by atoms with Crippen molar-refractivity contribution in [1.82, 2.24) is 4.98 Å². The minimum absolute atomic E-state index is 0.0127. The first kappa shape index (κ1) is 17.5. The second kappa shape index (κ2) is 7.58. The van der Waals surface area contributed by atoms with Gasteiger partial charge in [0.15, 0.2) is 0 Å². The zero-order valence-corrected chi connectivity index (χ0v) is 13.8. The van der Waals surface area contributed by atoms with Gasteiger partial charge in [-0.2, -0.15) is 0 Å². The van der Waals surface area contributed by atoms with E-state index in [1.54, 1.807) is 19.1 Å². The number of rotatable bonds is 7. The average Bonchev–Trinajstić information content (AvgIpc) is 3.06. The number of hydrogen-bond acceptors (Lipinski definition) is 7. The van der Waals surface area contributed by atoms with E-state index in [1.807, 2.05) is 18.7 Å². The van der Waals surface area contributed by atoms with Crippen molar-refractivity contribution in [3.63, 3.8) is 0 Å². The molecule has 0 bridgehead atoms. The van der Waals surface area contributed by atoms with E-state index < -0.39 is 10.9 Å². The number of nitro groups is 1. The molecule has 0 saturated heterocycles. The molecule has 2 aromatic rings. The quantitative estimate of drug-likeness (QED) is 0.435. The molecule has 0 fully saturated rings. The molecule has 0 aliphatic rings. The molecule has 0 unspecified atom stereocenters. The maximum absolute atomic E-state index is 11.7. The molecule has 8 nitrogen and oxygen atoms in total. The molecule has 2 rings (SSSR count). The van der Waals surface area contributed by atoms with Crippen LogP contribution in [0, 0.1) is 10.1 Å². The minimum Gasteiger partial charge on any atom is -0.460 e. The summed E-state index contributed by atoms with van der Waals surface area (Å²) >= 11 is 0. The molecule has 0 spiro atoms. The van der Waals surface area contributed by atoms with Gasteiger partial charge in [-0.1, -0.05) is 0 Å². The summed E-state index contributed by atoms with van der Waals surface area (Å²) in [5.41, 5.74) is 0.902. The highest BCUT2D eigenvalue weighted by atomic mass is 16.6. The Balaban J connectivity index is 2.48. The van der Waals surface area contributed by atoms with Gasteiger partial charge in [0.25, 0.3) is 5.69 Å². The molecule has 0 saturated carbocycles. The number of ether oxygens (including phenoxy) is 1. The lowest BCUT2D eigenvalue weighted by atomic mass is 10.1. The zero-order valence-electron chi connectivity index (χ0n) is 13.8. The van der Waals surface area contributed by atoms with E-state index in [-0.39, 0.29) is 29.5 Å². The summed E-state index contributed by atoms with van der Waals surface area (Å²) in [7, 11) is 0. The van der Waals surface area contributed by atoms with Crippen LogP contribution in [-0.2, 0) is 4.74 Å². The summed E-state index contributed by atoms with van der Waals surface area (Å²) in [6, 6.07) is 4.74. The van der Waals surface area contributed by atoms with E-state index in [0.717, 1.165) is 18.8 Å². The fraction of sp³-hybridized carbons (Fsp3) is 0.375. The third-order valence-corrected chi connectivity index (χ3v) is 3.52. The first-order valence-electron chi connectivity index (χ1n) is 7.68. The van der Waals surface area contributed by atoms with Crippen LogP contribution < -0.4 is 4.90 Å². The molecular weight excluding hydrogens is 314 g/mol. The Labute approximate surface area is 139 Å². The Morgan fingerprint density at radius 2 is 2.04 bits per heavy atom. The monoisotopic (exact) mass is 333 g/mol. The lowest BCUT2D eigenvalue weighted by Crippen LogP contribution is -2.21. The Bertz CT molecular complexity index is 737. The summed E-state index contributed by atoms with van der Waals surface area (Å²) in [5, 5.41) is 11.3. The molecule has 1 heterocycles. The van der Waals surface area contributed by atoms with Crippen molar-refractivity contribution < 1.29 is 18.9 Å². The van der Waals surface area contributed by atoms with Gasteiger partial charge in [0.05, 0.1) is 17.7 Å². The molecule has 0 radical (unpaired) electrons. The number of nitrogens with zero attached hydrogens (tertiary/aromatic N) is 3. The Hall–Kier alpha value is -2.90. The number of carbonyl (C=O) groups is 1. The van der Waals surface area contributed by atoms with Crippen LogP contribution in [0.25, 0.3) is 11.5 Å². The summed E-state index contributed by atoms with van der Waals surface area (Å²) in [6.45, 7) is 7.38. The van der Waals surface area contributed by atoms with E-state index in [0.29, 0.717) is 0 Å². The number of oxazole rings is 1. The molecule has 0 aliphatic heterocycles. The molecule has 8 heteroatoms. The molecule has 0 atom stereocenters. The molecular formula is C16H19N3O5. The van der Waals surface area contributed by atoms with Gasteiger partial charge in [-0.15, -0.1) is 0 Å². The van der Waals surface area contributed by atoms with Gasteiger partial charge in [-0.05, 0) is 32.9 Å². The van der Waals surface area contributed by atoms with Crippen LogP contribution in [0.4, 0.5) is 11.4 Å². The SMILES string of the molecule is CCOC(=O)c1cnc(-c2cc(N(CC)CC)ccc2[N+](=O)[O-])o1. The average molecular weight is 333 g/mol. The van der Waals surface area contributed by atoms with Gasteiger partial charge >= 0.3 is 5.97 Å². The van der Waals surface area contributed by atoms with Crippen molar-refractivity contribution in [3.05, 3.63) is 40.3 Å². The first-order chi connectivity index (χ1) is 11.5.